The van der Waals surface area contributed by atoms with Gasteiger partial charge in [-0.05, 0) is 37.1 Å². The van der Waals surface area contributed by atoms with Crippen LogP contribution in [0.25, 0.3) is 0 Å². The van der Waals surface area contributed by atoms with Gasteiger partial charge in [-0.25, -0.2) is 9.59 Å². The highest BCUT2D eigenvalue weighted by Gasteiger charge is 2.32. The Bertz CT molecular complexity index is 694. The first-order chi connectivity index (χ1) is 12.2. The first kappa shape index (κ1) is 17.4. The van der Waals surface area contributed by atoms with E-state index in [-0.39, 0.29) is 24.6 Å². The molecule has 0 bridgehead atoms. The number of anilines is 1. The third-order valence-corrected chi connectivity index (χ3v) is 4.48. The van der Waals surface area contributed by atoms with Crippen LogP contribution in [-0.2, 0) is 23.8 Å². The molecule has 0 aromatic heterocycles. The van der Waals surface area contributed by atoms with Gasteiger partial charge in [-0.2, -0.15) is 0 Å². The first-order valence-electron chi connectivity index (χ1n) is 8.24. The summed E-state index contributed by atoms with van der Waals surface area (Å²) in [7, 11) is 2.56. The van der Waals surface area contributed by atoms with Crippen molar-refractivity contribution in [2.45, 2.75) is 18.9 Å². The van der Waals surface area contributed by atoms with Gasteiger partial charge in [0.15, 0.2) is 0 Å². The summed E-state index contributed by atoms with van der Waals surface area (Å²) < 4.78 is 15.2. The van der Waals surface area contributed by atoms with Gasteiger partial charge >= 0.3 is 11.9 Å². The number of methoxy groups -OCH3 is 2. The average molecular weight is 346 g/mol. The molecule has 0 amide bonds. The van der Waals surface area contributed by atoms with Crippen LogP contribution in [-0.4, -0.2) is 46.0 Å². The van der Waals surface area contributed by atoms with Gasteiger partial charge in [0.25, 0.3) is 0 Å². The van der Waals surface area contributed by atoms with Gasteiger partial charge in [-0.15, -0.1) is 0 Å². The van der Waals surface area contributed by atoms with Gasteiger partial charge in [-0.1, -0.05) is 12.1 Å². The van der Waals surface area contributed by atoms with Crippen molar-refractivity contribution < 1.29 is 23.8 Å². The molecule has 25 heavy (non-hydrogen) atoms. The van der Waals surface area contributed by atoms with Crippen molar-refractivity contribution in [1.82, 2.24) is 5.32 Å². The lowest BCUT2D eigenvalue weighted by atomic mass is 10.0. The number of rotatable bonds is 4. The van der Waals surface area contributed by atoms with Gasteiger partial charge in [0, 0.05) is 11.7 Å². The lowest BCUT2D eigenvalue weighted by Crippen LogP contribution is -2.38. The molecular weight excluding hydrogens is 324 g/mol. The monoisotopic (exact) mass is 346 g/mol. The minimum Gasteiger partial charge on any atom is -0.466 e. The van der Waals surface area contributed by atoms with Gasteiger partial charge in [0.2, 0.25) is 0 Å². The minimum absolute atomic E-state index is 0.0114. The molecule has 7 nitrogen and oxygen atoms in total. The van der Waals surface area contributed by atoms with Crippen LogP contribution in [0, 0.1) is 0 Å². The molecule has 0 spiro atoms. The molecule has 3 rings (SSSR count). The normalized spacial score (nSPS) is 20.6. The van der Waals surface area contributed by atoms with Crippen LogP contribution in [0.5, 0.6) is 0 Å². The van der Waals surface area contributed by atoms with E-state index in [9.17, 15) is 9.59 Å². The lowest BCUT2D eigenvalue weighted by Gasteiger charge is -2.31. The van der Waals surface area contributed by atoms with Crippen molar-refractivity contribution in [2.24, 2.45) is 0 Å². The smallest absolute Gasteiger partial charge is 0.355 e. The maximum absolute atomic E-state index is 12.3. The molecule has 1 saturated heterocycles. The number of hydrogen-bond acceptors (Lipinski definition) is 7. The minimum atomic E-state index is -0.598. The predicted molar refractivity (Wildman–Crippen MR) is 90.8 cm³/mol. The van der Waals surface area contributed by atoms with Gasteiger partial charge in [0.05, 0.1) is 26.4 Å². The van der Waals surface area contributed by atoms with E-state index in [4.69, 9.17) is 14.2 Å². The second-order valence-corrected chi connectivity index (χ2v) is 5.96. The van der Waals surface area contributed by atoms with Crippen LogP contribution in [0.2, 0.25) is 0 Å². The number of ether oxygens (including phenoxy) is 3. The van der Waals surface area contributed by atoms with Crippen LogP contribution in [0.15, 0.2) is 35.5 Å². The molecule has 2 aliphatic rings. The summed E-state index contributed by atoms with van der Waals surface area (Å²) in [6, 6.07) is 8.18. The van der Waals surface area contributed by atoms with E-state index in [0.717, 1.165) is 30.6 Å². The Hall–Kier alpha value is -2.38. The molecule has 0 radical (unpaired) electrons. The number of carbonyl (C=O) groups excluding carboxylic acids is 2. The maximum Gasteiger partial charge on any atom is 0.355 e. The highest BCUT2D eigenvalue weighted by molar-refractivity contribution is 6.03. The number of carbonyl (C=O) groups is 2. The first-order valence-corrected chi connectivity index (χ1v) is 8.24. The van der Waals surface area contributed by atoms with Crippen molar-refractivity contribution in [3.8, 4) is 0 Å². The second kappa shape index (κ2) is 7.67. The SMILES string of the molecule is COC(=O)C1=C(C(=O)OC)N(c2cccc(C3CCCN3)c2)COC1. The topological polar surface area (TPSA) is 77.1 Å². The van der Waals surface area contributed by atoms with E-state index in [1.807, 2.05) is 18.2 Å². The van der Waals surface area contributed by atoms with E-state index in [2.05, 4.69) is 11.4 Å². The van der Waals surface area contributed by atoms with Gasteiger partial charge in [0.1, 0.15) is 12.4 Å². The van der Waals surface area contributed by atoms with E-state index in [1.165, 1.54) is 14.2 Å². The van der Waals surface area contributed by atoms with Crippen LogP contribution < -0.4 is 10.2 Å². The van der Waals surface area contributed by atoms with Crippen molar-refractivity contribution in [1.29, 1.82) is 0 Å². The zero-order valence-electron chi connectivity index (χ0n) is 14.4. The zero-order valence-corrected chi connectivity index (χ0v) is 14.4. The number of nitrogens with zero attached hydrogens (tertiary/aromatic N) is 1. The molecule has 2 aliphatic heterocycles. The van der Waals surface area contributed by atoms with Gasteiger partial charge < -0.3 is 24.4 Å². The Morgan fingerprint density at radius 1 is 1.24 bits per heavy atom. The summed E-state index contributed by atoms with van der Waals surface area (Å²) in [6.45, 7) is 1.17. The predicted octanol–water partition coefficient (Wildman–Crippen LogP) is 1.51. The van der Waals surface area contributed by atoms with E-state index >= 15 is 0 Å². The zero-order chi connectivity index (χ0) is 17.8. The average Bonchev–Trinajstić information content (AvgIpc) is 3.21. The fraction of sp³-hybridized carbons (Fsp3) is 0.444. The third kappa shape index (κ3) is 3.52. The largest absolute Gasteiger partial charge is 0.466 e. The molecule has 1 N–H and O–H groups in total. The molecular formula is C18H22N2O5. The van der Waals surface area contributed by atoms with Crippen LogP contribution in [0.1, 0.15) is 24.4 Å². The molecule has 1 fully saturated rings. The van der Waals surface area contributed by atoms with E-state index in [1.54, 1.807) is 4.90 Å². The Balaban J connectivity index is 2.00. The summed E-state index contributed by atoms with van der Waals surface area (Å²) in [5.74, 6) is -1.19. The molecule has 134 valence electrons. The summed E-state index contributed by atoms with van der Waals surface area (Å²) in [5.41, 5.74) is 2.24. The van der Waals surface area contributed by atoms with Crippen LogP contribution in [0.3, 0.4) is 0 Å². The van der Waals surface area contributed by atoms with E-state index in [0.29, 0.717) is 6.04 Å². The molecule has 1 unspecified atom stereocenters. The van der Waals surface area contributed by atoms with Crippen molar-refractivity contribution in [2.75, 3.05) is 39.0 Å². The number of hydrogen-bond donors (Lipinski definition) is 1. The van der Waals surface area contributed by atoms with Crippen molar-refractivity contribution in [3.05, 3.63) is 41.1 Å². The molecule has 7 heteroatoms. The fourth-order valence-electron chi connectivity index (χ4n) is 3.23. The lowest BCUT2D eigenvalue weighted by molar-refractivity contribution is -0.140. The highest BCUT2D eigenvalue weighted by Crippen LogP contribution is 2.30. The third-order valence-electron chi connectivity index (χ3n) is 4.48. The Morgan fingerprint density at radius 2 is 2.04 bits per heavy atom. The number of nitrogens with one attached hydrogen (secondary N) is 1. The van der Waals surface area contributed by atoms with Crippen molar-refractivity contribution in [3.63, 3.8) is 0 Å². The molecule has 1 atom stereocenters. The molecule has 1 aromatic carbocycles. The molecule has 0 saturated carbocycles. The van der Waals surface area contributed by atoms with Crippen LogP contribution >= 0.6 is 0 Å². The fourth-order valence-corrected chi connectivity index (χ4v) is 3.23. The number of esters is 2. The number of benzene rings is 1. The summed E-state index contributed by atoms with van der Waals surface area (Å²) >= 11 is 0. The van der Waals surface area contributed by atoms with Gasteiger partial charge in [-0.3, -0.25) is 0 Å². The quantitative estimate of drug-likeness (QED) is 0.828. The second-order valence-electron chi connectivity index (χ2n) is 5.96. The standard InChI is InChI=1S/C18H22N2O5/c1-23-17(21)14-10-25-11-20(16(14)18(22)24-2)13-6-3-5-12(9-13)15-7-4-8-19-15/h3,5-6,9,15,19H,4,7-8,10-11H2,1-2H3. The molecule has 2 heterocycles. The Kier molecular flexibility index (Phi) is 5.35. The van der Waals surface area contributed by atoms with E-state index < -0.39 is 11.9 Å². The maximum atomic E-state index is 12.3. The molecule has 1 aromatic rings. The highest BCUT2D eigenvalue weighted by atomic mass is 16.5. The van der Waals surface area contributed by atoms with Crippen molar-refractivity contribution >= 4 is 17.6 Å². The summed E-state index contributed by atoms with van der Waals surface area (Å²) in [6.07, 6.45) is 2.22. The summed E-state index contributed by atoms with van der Waals surface area (Å²) in [5, 5.41) is 3.46. The molecule has 0 aliphatic carbocycles. The Morgan fingerprint density at radius 3 is 2.72 bits per heavy atom. The van der Waals surface area contributed by atoms with Crippen LogP contribution in [0.4, 0.5) is 5.69 Å². The summed E-state index contributed by atoms with van der Waals surface area (Å²) in [4.78, 5) is 26.0. The Labute approximate surface area is 146 Å².